The van der Waals surface area contributed by atoms with Gasteiger partial charge in [0, 0.05) is 31.5 Å². The topological polar surface area (TPSA) is 96.2 Å². The molecule has 1 aliphatic carbocycles. The van der Waals surface area contributed by atoms with Gasteiger partial charge in [-0.2, -0.15) is 0 Å². The molecule has 8 nitrogen and oxygen atoms in total. The van der Waals surface area contributed by atoms with Crippen LogP contribution < -0.4 is 5.32 Å². The van der Waals surface area contributed by atoms with Gasteiger partial charge in [0.1, 0.15) is 11.3 Å². The molecular weight excluding hydrogens is 392 g/mol. The summed E-state index contributed by atoms with van der Waals surface area (Å²) in [5, 5.41) is 22.7. The van der Waals surface area contributed by atoms with Crippen molar-refractivity contribution >= 4 is 5.91 Å². The maximum atomic E-state index is 12.8. The Bertz CT molecular complexity index is 894. The number of nitrogens with one attached hydrogen (secondary N) is 1. The molecule has 3 saturated heterocycles. The van der Waals surface area contributed by atoms with Crippen LogP contribution in [0.15, 0.2) is 30.7 Å². The Hall–Kier alpha value is -2.32. The summed E-state index contributed by atoms with van der Waals surface area (Å²) < 4.78 is 1.89. The largest absolute Gasteiger partial charge is 0.383 e. The molecule has 1 saturated carbocycles. The van der Waals surface area contributed by atoms with Crippen LogP contribution in [0.1, 0.15) is 56.2 Å². The summed E-state index contributed by atoms with van der Waals surface area (Å²) in [7, 11) is 0. The van der Waals surface area contributed by atoms with E-state index < -0.39 is 5.60 Å². The van der Waals surface area contributed by atoms with E-state index in [1.807, 2.05) is 23.0 Å². The highest BCUT2D eigenvalue weighted by molar-refractivity contribution is 5.79. The van der Waals surface area contributed by atoms with Crippen molar-refractivity contribution in [3.05, 3.63) is 42.0 Å². The molecular formula is C23H32N6O2. The van der Waals surface area contributed by atoms with E-state index in [-0.39, 0.29) is 11.8 Å². The van der Waals surface area contributed by atoms with Crippen LogP contribution in [0.5, 0.6) is 0 Å². The Morgan fingerprint density at radius 3 is 2.90 bits per heavy atom. The first-order valence-corrected chi connectivity index (χ1v) is 11.6. The lowest BCUT2D eigenvalue weighted by Crippen LogP contribution is -2.58. The molecule has 1 amide bonds. The molecule has 4 unspecified atom stereocenters. The number of carbonyl (C=O) groups is 1. The first-order chi connectivity index (χ1) is 15.1. The fourth-order valence-corrected chi connectivity index (χ4v) is 5.66. The van der Waals surface area contributed by atoms with E-state index in [2.05, 4.69) is 25.5 Å². The average molecular weight is 425 g/mol. The third-order valence-electron chi connectivity index (χ3n) is 7.50. The fourth-order valence-electron chi connectivity index (χ4n) is 5.66. The lowest BCUT2D eigenvalue weighted by molar-refractivity contribution is -0.133. The van der Waals surface area contributed by atoms with Crippen molar-refractivity contribution < 1.29 is 9.90 Å². The summed E-state index contributed by atoms with van der Waals surface area (Å²) in [6.45, 7) is 3.14. The van der Waals surface area contributed by atoms with Crippen molar-refractivity contribution in [1.29, 1.82) is 0 Å². The molecule has 8 heteroatoms. The van der Waals surface area contributed by atoms with Gasteiger partial charge in [-0.3, -0.25) is 19.4 Å². The lowest BCUT2D eigenvalue weighted by atomic mass is 9.75. The van der Waals surface area contributed by atoms with Crippen molar-refractivity contribution in [1.82, 2.24) is 30.2 Å². The normalized spacial score (nSPS) is 29.6. The molecule has 0 spiro atoms. The number of amides is 1. The highest BCUT2D eigenvalue weighted by Crippen LogP contribution is 2.38. The maximum absolute atomic E-state index is 12.8. The van der Waals surface area contributed by atoms with Crippen LogP contribution in [0.3, 0.4) is 0 Å². The van der Waals surface area contributed by atoms with Gasteiger partial charge in [-0.05, 0) is 49.8 Å². The summed E-state index contributed by atoms with van der Waals surface area (Å²) in [6, 6.07) is 4.25. The number of pyridine rings is 1. The van der Waals surface area contributed by atoms with Crippen molar-refractivity contribution in [3.63, 3.8) is 0 Å². The minimum atomic E-state index is -0.806. The third-order valence-corrected chi connectivity index (χ3v) is 7.50. The highest BCUT2D eigenvalue weighted by atomic mass is 16.3. The number of hydrogen-bond acceptors (Lipinski definition) is 6. The molecule has 4 fully saturated rings. The van der Waals surface area contributed by atoms with Crippen LogP contribution >= 0.6 is 0 Å². The van der Waals surface area contributed by atoms with Gasteiger partial charge in [0.15, 0.2) is 0 Å². The molecule has 4 aliphatic rings. The van der Waals surface area contributed by atoms with Crippen LogP contribution in [0.4, 0.5) is 0 Å². The Balaban J connectivity index is 1.17. The first-order valence-electron chi connectivity index (χ1n) is 11.6. The second kappa shape index (κ2) is 8.67. The third kappa shape index (κ3) is 4.36. The molecule has 5 heterocycles. The predicted molar refractivity (Wildman–Crippen MR) is 115 cm³/mol. The molecule has 3 aliphatic heterocycles. The summed E-state index contributed by atoms with van der Waals surface area (Å²) in [6.07, 6.45) is 12.4. The monoisotopic (exact) mass is 424 g/mol. The van der Waals surface area contributed by atoms with Crippen molar-refractivity contribution in [2.75, 3.05) is 13.1 Å². The van der Waals surface area contributed by atoms with Crippen LogP contribution in [0.25, 0.3) is 0 Å². The van der Waals surface area contributed by atoms with E-state index in [0.717, 1.165) is 69.4 Å². The second-order valence-corrected chi connectivity index (χ2v) is 9.54. The zero-order chi connectivity index (χ0) is 21.3. The molecule has 6 rings (SSSR count). The summed E-state index contributed by atoms with van der Waals surface area (Å²) in [5.74, 6) is 0.616. The van der Waals surface area contributed by atoms with E-state index >= 15 is 0 Å². The van der Waals surface area contributed by atoms with Crippen molar-refractivity contribution in [2.45, 2.75) is 69.7 Å². The van der Waals surface area contributed by atoms with E-state index in [0.29, 0.717) is 18.5 Å². The zero-order valence-electron chi connectivity index (χ0n) is 18.0. The van der Waals surface area contributed by atoms with Gasteiger partial charge >= 0.3 is 0 Å². The quantitative estimate of drug-likeness (QED) is 0.735. The van der Waals surface area contributed by atoms with Gasteiger partial charge in [0.2, 0.25) is 5.91 Å². The second-order valence-electron chi connectivity index (χ2n) is 9.54. The number of aliphatic hydroxyl groups is 1. The predicted octanol–water partition coefficient (Wildman–Crippen LogP) is 1.85. The van der Waals surface area contributed by atoms with E-state index in [4.69, 9.17) is 0 Å². The molecule has 2 aromatic rings. The number of fused-ring (bicyclic) bond motifs is 3. The molecule has 2 aromatic heterocycles. The molecule has 0 radical (unpaired) electrons. The number of aromatic nitrogens is 4. The van der Waals surface area contributed by atoms with E-state index in [9.17, 15) is 9.90 Å². The lowest BCUT2D eigenvalue weighted by Gasteiger charge is -2.49. The fraction of sp³-hybridized carbons (Fsp3) is 0.652. The number of piperidine rings is 3. The molecule has 166 valence electrons. The molecule has 2 N–H and O–H groups in total. The average Bonchev–Trinajstić information content (AvgIpc) is 3.29. The van der Waals surface area contributed by atoms with Gasteiger partial charge in [-0.25, -0.2) is 0 Å². The standard InChI is InChI=1S/C23H32N6O2/c30-22(25-13-17-5-4-9-24-12-17)20-15-28-10-6-18(20)11-19(28)14-29-16-21(26-27-29)23(31)7-2-1-3-8-23/h4-5,9,12,16,18-20,31H,1-3,6-8,10-11,13-15H2,(H,25,30). The maximum Gasteiger partial charge on any atom is 0.224 e. The number of hydrogen-bond donors (Lipinski definition) is 2. The summed E-state index contributed by atoms with van der Waals surface area (Å²) in [4.78, 5) is 19.4. The Morgan fingerprint density at radius 2 is 2.16 bits per heavy atom. The number of nitrogens with zero attached hydrogens (tertiary/aromatic N) is 5. The molecule has 0 aromatic carbocycles. The van der Waals surface area contributed by atoms with Crippen LogP contribution in [0, 0.1) is 11.8 Å². The summed E-state index contributed by atoms with van der Waals surface area (Å²) >= 11 is 0. The van der Waals surface area contributed by atoms with Gasteiger partial charge in [0.25, 0.3) is 0 Å². The Morgan fingerprint density at radius 1 is 1.29 bits per heavy atom. The smallest absolute Gasteiger partial charge is 0.224 e. The number of carbonyl (C=O) groups excluding carboxylic acids is 1. The minimum Gasteiger partial charge on any atom is -0.383 e. The minimum absolute atomic E-state index is 0.0518. The molecule has 31 heavy (non-hydrogen) atoms. The Kier molecular flexibility index (Phi) is 5.75. The van der Waals surface area contributed by atoms with Crippen LogP contribution in [0.2, 0.25) is 0 Å². The van der Waals surface area contributed by atoms with Gasteiger partial charge < -0.3 is 10.4 Å². The van der Waals surface area contributed by atoms with E-state index in [1.165, 1.54) is 6.42 Å². The summed E-state index contributed by atoms with van der Waals surface area (Å²) in [5.41, 5.74) is 0.937. The Labute approximate surface area is 183 Å². The van der Waals surface area contributed by atoms with Crippen LogP contribution in [-0.4, -0.2) is 55.0 Å². The van der Waals surface area contributed by atoms with Gasteiger partial charge in [-0.15, -0.1) is 5.10 Å². The molecule has 4 atom stereocenters. The first kappa shape index (κ1) is 20.6. The molecule has 2 bridgehead atoms. The van der Waals surface area contributed by atoms with Crippen LogP contribution in [-0.2, 0) is 23.5 Å². The number of rotatable bonds is 6. The van der Waals surface area contributed by atoms with Gasteiger partial charge in [0.05, 0.1) is 18.7 Å². The van der Waals surface area contributed by atoms with E-state index in [1.54, 1.807) is 12.4 Å². The van der Waals surface area contributed by atoms with Crippen molar-refractivity contribution in [3.8, 4) is 0 Å². The SMILES string of the molecule is O=C(NCc1cccnc1)C1CN2CCC1CC2Cn1cc(C2(O)CCCCC2)nn1. The van der Waals surface area contributed by atoms with Gasteiger partial charge in [-0.1, -0.05) is 30.5 Å². The highest BCUT2D eigenvalue weighted by Gasteiger charge is 2.43. The zero-order valence-corrected chi connectivity index (χ0v) is 18.0. The van der Waals surface area contributed by atoms with Crippen molar-refractivity contribution in [2.24, 2.45) is 11.8 Å².